The van der Waals surface area contributed by atoms with Crippen molar-refractivity contribution in [3.05, 3.63) is 65.4 Å². The molecule has 9 heteroatoms. The third-order valence-electron chi connectivity index (χ3n) is 4.97. The zero-order valence-electron chi connectivity index (χ0n) is 19.6. The molecule has 0 atom stereocenters. The average Bonchev–Trinajstić information content (AvgIpc) is 3.13. The van der Waals surface area contributed by atoms with E-state index < -0.39 is 11.9 Å². The first-order valence-electron chi connectivity index (χ1n) is 10.9. The molecule has 2 aromatic rings. The Morgan fingerprint density at radius 1 is 1.18 bits per heavy atom. The van der Waals surface area contributed by atoms with Crippen molar-refractivity contribution in [2.75, 3.05) is 24.3 Å². The average molecular weight is 481 g/mol. The SMILES string of the molecule is CCNC(=O)NC(=O)CSC1=N/C(=C\c2ccc(C(C)C)cc2)C(=O)N1c1cccc(OC)c1. The summed E-state index contributed by atoms with van der Waals surface area (Å²) in [6, 6.07) is 14.4. The lowest BCUT2D eigenvalue weighted by atomic mass is 10.0. The molecule has 0 radical (unpaired) electrons. The molecule has 1 heterocycles. The molecule has 1 aliphatic rings. The number of carbonyl (C=O) groups is 3. The summed E-state index contributed by atoms with van der Waals surface area (Å²) in [6.07, 6.45) is 1.72. The number of nitrogens with zero attached hydrogens (tertiary/aromatic N) is 2. The molecule has 0 unspecified atom stereocenters. The van der Waals surface area contributed by atoms with E-state index >= 15 is 0 Å². The maximum atomic E-state index is 13.3. The van der Waals surface area contributed by atoms with Gasteiger partial charge in [-0.1, -0.05) is 55.9 Å². The van der Waals surface area contributed by atoms with E-state index in [0.717, 1.165) is 17.3 Å². The van der Waals surface area contributed by atoms with Crippen LogP contribution in [0.5, 0.6) is 5.75 Å². The predicted octanol–water partition coefficient (Wildman–Crippen LogP) is 4.14. The second-order valence-corrected chi connectivity index (χ2v) is 8.73. The van der Waals surface area contributed by atoms with Gasteiger partial charge in [0, 0.05) is 12.6 Å². The Balaban J connectivity index is 1.87. The van der Waals surface area contributed by atoms with Gasteiger partial charge in [0.05, 0.1) is 18.6 Å². The molecule has 0 aromatic heterocycles. The summed E-state index contributed by atoms with van der Waals surface area (Å²) in [4.78, 5) is 43.1. The first-order valence-corrected chi connectivity index (χ1v) is 11.9. The number of amides is 4. The number of ether oxygens (including phenoxy) is 1. The lowest BCUT2D eigenvalue weighted by Gasteiger charge is -2.18. The summed E-state index contributed by atoms with van der Waals surface area (Å²) in [5.41, 5.74) is 2.88. The van der Waals surface area contributed by atoms with Crippen molar-refractivity contribution >= 4 is 46.5 Å². The molecule has 2 N–H and O–H groups in total. The molecule has 0 aliphatic carbocycles. The second-order valence-electron chi connectivity index (χ2n) is 7.78. The van der Waals surface area contributed by atoms with Crippen LogP contribution < -0.4 is 20.3 Å². The first kappa shape index (κ1) is 25.0. The Kier molecular flexibility index (Phi) is 8.48. The van der Waals surface area contributed by atoms with Crippen LogP contribution in [0.3, 0.4) is 0 Å². The fourth-order valence-electron chi connectivity index (χ4n) is 3.20. The Morgan fingerprint density at radius 3 is 2.56 bits per heavy atom. The smallest absolute Gasteiger partial charge is 0.321 e. The molecule has 178 valence electrons. The van der Waals surface area contributed by atoms with Gasteiger partial charge in [-0.2, -0.15) is 0 Å². The highest BCUT2D eigenvalue weighted by atomic mass is 32.2. The van der Waals surface area contributed by atoms with Gasteiger partial charge in [-0.25, -0.2) is 9.79 Å². The number of urea groups is 1. The zero-order chi connectivity index (χ0) is 24.7. The summed E-state index contributed by atoms with van der Waals surface area (Å²) in [6.45, 7) is 6.41. The molecule has 0 bridgehead atoms. The lowest BCUT2D eigenvalue weighted by molar-refractivity contribution is -0.117. The summed E-state index contributed by atoms with van der Waals surface area (Å²) in [5, 5.41) is 5.10. The van der Waals surface area contributed by atoms with Crippen LogP contribution in [0.25, 0.3) is 6.08 Å². The Labute approximate surface area is 203 Å². The maximum Gasteiger partial charge on any atom is 0.321 e. The Hall–Kier alpha value is -3.59. The number of nitrogens with one attached hydrogen (secondary N) is 2. The second kappa shape index (κ2) is 11.5. The van der Waals surface area contributed by atoms with Gasteiger partial charge < -0.3 is 10.1 Å². The van der Waals surface area contributed by atoms with Crippen LogP contribution in [0.2, 0.25) is 0 Å². The predicted molar refractivity (Wildman–Crippen MR) is 136 cm³/mol. The van der Waals surface area contributed by atoms with E-state index in [4.69, 9.17) is 4.74 Å². The van der Waals surface area contributed by atoms with Gasteiger partial charge in [-0.15, -0.1) is 0 Å². The van der Waals surface area contributed by atoms with Gasteiger partial charge in [-0.3, -0.25) is 19.8 Å². The quantitative estimate of drug-likeness (QED) is 0.580. The Morgan fingerprint density at radius 2 is 1.91 bits per heavy atom. The topological polar surface area (TPSA) is 100 Å². The normalized spacial score (nSPS) is 14.4. The Bertz CT molecular complexity index is 1130. The molecule has 8 nitrogen and oxygen atoms in total. The van der Waals surface area contributed by atoms with Crippen molar-refractivity contribution in [2.24, 2.45) is 4.99 Å². The summed E-state index contributed by atoms with van der Waals surface area (Å²) in [5.74, 6) is 0.113. The van der Waals surface area contributed by atoms with E-state index in [1.54, 1.807) is 44.4 Å². The first-order chi connectivity index (χ1) is 16.3. The number of hydrogen-bond acceptors (Lipinski definition) is 6. The molecular formula is C25H28N4O4S. The molecule has 0 fully saturated rings. The van der Waals surface area contributed by atoms with Crippen molar-refractivity contribution in [2.45, 2.75) is 26.7 Å². The van der Waals surface area contributed by atoms with E-state index in [9.17, 15) is 14.4 Å². The van der Waals surface area contributed by atoms with Gasteiger partial charge in [0.25, 0.3) is 5.91 Å². The minimum absolute atomic E-state index is 0.0833. The molecule has 4 amide bonds. The van der Waals surface area contributed by atoms with Crippen LogP contribution in [-0.4, -0.2) is 42.4 Å². The van der Waals surface area contributed by atoms with E-state index in [-0.39, 0.29) is 17.4 Å². The molecule has 34 heavy (non-hydrogen) atoms. The standard InChI is InChI=1S/C25H28N4O4S/c1-5-26-24(32)28-22(30)15-34-25-27-21(13-17-9-11-18(12-10-17)16(2)3)23(31)29(25)19-7-6-8-20(14-19)33-4/h6-14,16H,5,15H2,1-4H3,(H2,26,28,30,32)/b21-13-. The van der Waals surface area contributed by atoms with Crippen LogP contribution >= 0.6 is 11.8 Å². The summed E-state index contributed by atoms with van der Waals surface area (Å²) in [7, 11) is 1.55. The molecular weight excluding hydrogens is 452 g/mol. The minimum atomic E-state index is -0.562. The third-order valence-corrected chi connectivity index (χ3v) is 5.91. The number of hydrogen-bond donors (Lipinski definition) is 2. The highest BCUT2D eigenvalue weighted by Crippen LogP contribution is 2.31. The van der Waals surface area contributed by atoms with Gasteiger partial charge in [-0.05, 0) is 42.2 Å². The van der Waals surface area contributed by atoms with Crippen LogP contribution in [0, 0.1) is 0 Å². The van der Waals surface area contributed by atoms with E-state index in [2.05, 4.69) is 29.5 Å². The van der Waals surface area contributed by atoms with Crippen molar-refractivity contribution in [3.8, 4) is 5.75 Å². The summed E-state index contributed by atoms with van der Waals surface area (Å²) >= 11 is 1.07. The van der Waals surface area contributed by atoms with Crippen LogP contribution in [0.4, 0.5) is 10.5 Å². The number of benzene rings is 2. The van der Waals surface area contributed by atoms with Gasteiger partial charge >= 0.3 is 6.03 Å². The van der Waals surface area contributed by atoms with Gasteiger partial charge in [0.2, 0.25) is 5.91 Å². The van der Waals surface area contributed by atoms with Crippen molar-refractivity contribution in [3.63, 3.8) is 0 Å². The van der Waals surface area contributed by atoms with Crippen molar-refractivity contribution in [1.29, 1.82) is 0 Å². The van der Waals surface area contributed by atoms with Crippen LogP contribution in [0.1, 0.15) is 37.8 Å². The summed E-state index contributed by atoms with van der Waals surface area (Å²) < 4.78 is 5.29. The number of imide groups is 1. The highest BCUT2D eigenvalue weighted by molar-refractivity contribution is 8.14. The molecule has 1 aliphatic heterocycles. The molecule has 0 spiro atoms. The van der Waals surface area contributed by atoms with Crippen LogP contribution in [0.15, 0.2) is 59.2 Å². The molecule has 2 aromatic carbocycles. The maximum absolute atomic E-state index is 13.3. The van der Waals surface area contributed by atoms with Crippen molar-refractivity contribution in [1.82, 2.24) is 10.6 Å². The minimum Gasteiger partial charge on any atom is -0.497 e. The van der Waals surface area contributed by atoms with Crippen molar-refractivity contribution < 1.29 is 19.1 Å². The molecule has 0 saturated carbocycles. The van der Waals surface area contributed by atoms with Gasteiger partial charge in [0.15, 0.2) is 5.17 Å². The number of aliphatic imine (C=N–C) groups is 1. The fraction of sp³-hybridized carbons (Fsp3) is 0.280. The largest absolute Gasteiger partial charge is 0.497 e. The molecule has 0 saturated heterocycles. The van der Waals surface area contributed by atoms with E-state index in [1.807, 2.05) is 24.3 Å². The number of anilines is 1. The lowest BCUT2D eigenvalue weighted by Crippen LogP contribution is -2.40. The van der Waals surface area contributed by atoms with E-state index in [0.29, 0.717) is 29.1 Å². The van der Waals surface area contributed by atoms with E-state index in [1.165, 1.54) is 10.5 Å². The zero-order valence-corrected chi connectivity index (χ0v) is 20.4. The number of thioether (sulfide) groups is 1. The molecule has 3 rings (SSSR count). The highest BCUT2D eigenvalue weighted by Gasteiger charge is 2.32. The van der Waals surface area contributed by atoms with Gasteiger partial charge in [0.1, 0.15) is 11.4 Å². The number of amidine groups is 1. The third kappa shape index (κ3) is 6.26. The number of rotatable bonds is 7. The fourth-order valence-corrected chi connectivity index (χ4v) is 4.02. The number of methoxy groups -OCH3 is 1. The number of carbonyl (C=O) groups excluding carboxylic acids is 3. The van der Waals surface area contributed by atoms with Crippen LogP contribution in [-0.2, 0) is 9.59 Å². The monoisotopic (exact) mass is 480 g/mol.